The predicted octanol–water partition coefficient (Wildman–Crippen LogP) is 1.95. The molecule has 1 fully saturated rings. The second-order valence-corrected chi connectivity index (χ2v) is 6.05. The Kier molecular flexibility index (Phi) is 3.48. The van der Waals surface area contributed by atoms with Crippen LogP contribution in [0.25, 0.3) is 0 Å². The van der Waals surface area contributed by atoms with Crippen LogP contribution < -0.4 is 0 Å². The molecule has 2 amide bonds. The second-order valence-electron chi connectivity index (χ2n) is 6.05. The number of hydrogen-bond acceptors (Lipinski definition) is 5. The third-order valence-corrected chi connectivity index (χ3v) is 4.19. The average molecular weight is 303 g/mol. The van der Waals surface area contributed by atoms with Crippen molar-refractivity contribution in [3.8, 4) is 0 Å². The van der Waals surface area contributed by atoms with E-state index in [0.717, 1.165) is 12.8 Å². The molecule has 6 heteroatoms. The Hall–Kier alpha value is -2.21. The number of rotatable bonds is 3. The standard InChI is InChI=1S/C16H17NO5/c1-16(2,12-8-5-9-21-12)15(20)22-17-13(18)10-6-3-4-7-11(10)14(17)19/h3-4,6-7,12H,5,8-9H2,1-2H3. The Balaban J connectivity index is 1.78. The number of nitrogens with zero attached hydrogens (tertiary/aromatic N) is 1. The van der Waals surface area contributed by atoms with Crippen LogP contribution in [0.3, 0.4) is 0 Å². The summed E-state index contributed by atoms with van der Waals surface area (Å²) in [4.78, 5) is 41.9. The number of carbonyl (C=O) groups is 3. The fourth-order valence-electron chi connectivity index (χ4n) is 2.73. The largest absolute Gasteiger partial charge is 0.377 e. The molecular formula is C16H17NO5. The van der Waals surface area contributed by atoms with E-state index in [1.54, 1.807) is 26.0 Å². The summed E-state index contributed by atoms with van der Waals surface area (Å²) in [5, 5.41) is 0.545. The highest BCUT2D eigenvalue weighted by Gasteiger charge is 2.45. The molecule has 1 atom stereocenters. The van der Waals surface area contributed by atoms with Gasteiger partial charge in [0, 0.05) is 6.61 Å². The van der Waals surface area contributed by atoms with Gasteiger partial charge in [0.2, 0.25) is 0 Å². The molecule has 0 N–H and O–H groups in total. The van der Waals surface area contributed by atoms with Crippen LogP contribution in [-0.4, -0.2) is 35.6 Å². The first-order chi connectivity index (χ1) is 10.4. The van der Waals surface area contributed by atoms with E-state index in [-0.39, 0.29) is 17.2 Å². The van der Waals surface area contributed by atoms with Crippen molar-refractivity contribution in [2.24, 2.45) is 5.41 Å². The first-order valence-corrected chi connectivity index (χ1v) is 7.24. The summed E-state index contributed by atoms with van der Waals surface area (Å²) in [7, 11) is 0. The molecule has 2 aliphatic heterocycles. The van der Waals surface area contributed by atoms with Crippen molar-refractivity contribution in [3.05, 3.63) is 35.4 Å². The van der Waals surface area contributed by atoms with E-state index in [9.17, 15) is 14.4 Å². The smallest absolute Gasteiger partial charge is 0.341 e. The summed E-state index contributed by atoms with van der Waals surface area (Å²) in [5.74, 6) is -1.87. The number of benzene rings is 1. The number of ether oxygens (including phenoxy) is 1. The van der Waals surface area contributed by atoms with Crippen molar-refractivity contribution < 1.29 is 24.0 Å². The predicted molar refractivity (Wildman–Crippen MR) is 75.8 cm³/mol. The molecule has 1 aromatic carbocycles. The van der Waals surface area contributed by atoms with Crippen molar-refractivity contribution >= 4 is 17.8 Å². The summed E-state index contributed by atoms with van der Waals surface area (Å²) >= 11 is 0. The Morgan fingerprint density at radius 1 is 1.23 bits per heavy atom. The Bertz CT molecular complexity index is 611. The highest BCUT2D eigenvalue weighted by molar-refractivity contribution is 6.20. The minimum atomic E-state index is -0.925. The van der Waals surface area contributed by atoms with Gasteiger partial charge in [-0.1, -0.05) is 17.2 Å². The molecule has 3 rings (SSSR count). The van der Waals surface area contributed by atoms with E-state index in [1.165, 1.54) is 12.1 Å². The molecule has 22 heavy (non-hydrogen) atoms. The minimum absolute atomic E-state index is 0.246. The zero-order valence-electron chi connectivity index (χ0n) is 12.5. The summed E-state index contributed by atoms with van der Waals surface area (Å²) in [6.07, 6.45) is 1.37. The molecule has 0 aliphatic carbocycles. The van der Waals surface area contributed by atoms with Gasteiger partial charge in [-0.2, -0.15) is 0 Å². The first kappa shape index (κ1) is 14.7. The van der Waals surface area contributed by atoms with E-state index in [4.69, 9.17) is 9.57 Å². The van der Waals surface area contributed by atoms with Crippen LogP contribution in [0.4, 0.5) is 0 Å². The maximum atomic E-state index is 12.4. The molecule has 0 radical (unpaired) electrons. The first-order valence-electron chi connectivity index (χ1n) is 7.24. The Labute approximate surface area is 127 Å². The van der Waals surface area contributed by atoms with Crippen LogP contribution in [0.5, 0.6) is 0 Å². The fraction of sp³-hybridized carbons (Fsp3) is 0.438. The van der Waals surface area contributed by atoms with Gasteiger partial charge in [-0.3, -0.25) is 9.59 Å². The van der Waals surface area contributed by atoms with Gasteiger partial charge in [0.25, 0.3) is 11.8 Å². The van der Waals surface area contributed by atoms with Crippen molar-refractivity contribution in [1.29, 1.82) is 0 Å². The molecule has 0 saturated carbocycles. The molecule has 2 heterocycles. The number of hydrogen-bond donors (Lipinski definition) is 0. The zero-order chi connectivity index (χ0) is 15.9. The van der Waals surface area contributed by atoms with Gasteiger partial charge in [0.05, 0.1) is 22.6 Å². The van der Waals surface area contributed by atoms with E-state index >= 15 is 0 Å². The van der Waals surface area contributed by atoms with E-state index < -0.39 is 23.2 Å². The van der Waals surface area contributed by atoms with Crippen molar-refractivity contribution in [3.63, 3.8) is 0 Å². The fourth-order valence-corrected chi connectivity index (χ4v) is 2.73. The van der Waals surface area contributed by atoms with Gasteiger partial charge < -0.3 is 9.57 Å². The van der Waals surface area contributed by atoms with E-state index in [0.29, 0.717) is 11.7 Å². The molecule has 2 aliphatic rings. The third kappa shape index (κ3) is 2.20. The maximum Gasteiger partial charge on any atom is 0.341 e. The van der Waals surface area contributed by atoms with Crippen molar-refractivity contribution in [2.45, 2.75) is 32.8 Å². The van der Waals surface area contributed by atoms with E-state index in [1.807, 2.05) is 0 Å². The molecule has 1 unspecified atom stereocenters. The van der Waals surface area contributed by atoms with Gasteiger partial charge in [-0.05, 0) is 38.8 Å². The molecule has 1 saturated heterocycles. The zero-order valence-corrected chi connectivity index (χ0v) is 12.5. The molecule has 0 spiro atoms. The molecule has 6 nitrogen and oxygen atoms in total. The normalized spacial score (nSPS) is 21.2. The second kappa shape index (κ2) is 5.21. The summed E-state index contributed by atoms with van der Waals surface area (Å²) < 4.78 is 5.53. The average Bonchev–Trinajstić information content (AvgIpc) is 3.12. The highest BCUT2D eigenvalue weighted by atomic mass is 16.7. The van der Waals surface area contributed by atoms with Crippen molar-refractivity contribution in [2.75, 3.05) is 6.61 Å². The molecular weight excluding hydrogens is 286 g/mol. The lowest BCUT2D eigenvalue weighted by molar-refractivity contribution is -0.186. The van der Waals surface area contributed by atoms with E-state index in [2.05, 4.69) is 0 Å². The Morgan fingerprint density at radius 2 is 1.82 bits per heavy atom. The number of imide groups is 1. The quantitative estimate of drug-likeness (QED) is 0.798. The minimum Gasteiger partial charge on any atom is -0.377 e. The summed E-state index contributed by atoms with van der Waals surface area (Å²) in [6, 6.07) is 6.39. The number of carbonyl (C=O) groups excluding carboxylic acids is 3. The van der Waals surface area contributed by atoms with Crippen LogP contribution in [0, 0.1) is 5.41 Å². The Morgan fingerprint density at radius 3 is 2.32 bits per heavy atom. The van der Waals surface area contributed by atoms with Gasteiger partial charge >= 0.3 is 5.97 Å². The topological polar surface area (TPSA) is 72.9 Å². The number of fused-ring (bicyclic) bond motifs is 1. The lowest BCUT2D eigenvalue weighted by atomic mass is 9.85. The van der Waals surface area contributed by atoms with Gasteiger partial charge in [-0.25, -0.2) is 4.79 Å². The van der Waals surface area contributed by atoms with Gasteiger partial charge in [-0.15, -0.1) is 0 Å². The van der Waals surface area contributed by atoms with Crippen LogP contribution in [-0.2, 0) is 14.4 Å². The summed E-state index contributed by atoms with van der Waals surface area (Å²) in [5.41, 5.74) is -0.434. The number of hydroxylamine groups is 2. The third-order valence-electron chi connectivity index (χ3n) is 4.19. The van der Waals surface area contributed by atoms with Gasteiger partial charge in [0.15, 0.2) is 0 Å². The van der Waals surface area contributed by atoms with Crippen LogP contribution in [0.1, 0.15) is 47.4 Å². The SMILES string of the molecule is CC(C)(C(=O)ON1C(=O)c2ccccc2C1=O)C1CCCO1. The summed E-state index contributed by atoms with van der Waals surface area (Å²) in [6.45, 7) is 4.00. The van der Waals surface area contributed by atoms with Crippen molar-refractivity contribution in [1.82, 2.24) is 5.06 Å². The lowest BCUT2D eigenvalue weighted by Crippen LogP contribution is -2.43. The molecule has 116 valence electrons. The monoisotopic (exact) mass is 303 g/mol. The van der Waals surface area contributed by atoms with Crippen LogP contribution >= 0.6 is 0 Å². The van der Waals surface area contributed by atoms with Gasteiger partial charge in [0.1, 0.15) is 0 Å². The van der Waals surface area contributed by atoms with Crippen LogP contribution in [0.2, 0.25) is 0 Å². The highest BCUT2D eigenvalue weighted by Crippen LogP contribution is 2.33. The molecule has 0 aromatic heterocycles. The number of amides is 2. The molecule has 0 bridgehead atoms. The molecule has 1 aromatic rings. The van der Waals surface area contributed by atoms with Crippen LogP contribution in [0.15, 0.2) is 24.3 Å². The maximum absolute atomic E-state index is 12.4. The lowest BCUT2D eigenvalue weighted by Gasteiger charge is -2.29.